The van der Waals surface area contributed by atoms with E-state index >= 15 is 0 Å². The number of halogens is 1. The number of benzene rings is 1. The van der Waals surface area contributed by atoms with Crippen molar-refractivity contribution in [1.82, 2.24) is 9.62 Å². The number of hydrogen-bond donors (Lipinski definition) is 1. The van der Waals surface area contributed by atoms with Gasteiger partial charge in [0, 0.05) is 37.8 Å². The first-order valence-corrected chi connectivity index (χ1v) is 7.74. The lowest BCUT2D eigenvalue weighted by atomic mass is 10.1. The third-order valence-electron chi connectivity index (χ3n) is 3.38. The number of rotatable bonds is 3. The summed E-state index contributed by atoms with van der Waals surface area (Å²) in [6.07, 6.45) is 0. The lowest BCUT2D eigenvalue weighted by Crippen LogP contribution is -2.46. The molecule has 0 amide bonds. The Morgan fingerprint density at radius 1 is 1.19 bits per heavy atom. The number of nitro benzene ring substituents is 1. The van der Waals surface area contributed by atoms with Gasteiger partial charge in [-0.3, -0.25) is 10.1 Å². The largest absolute Gasteiger partial charge is 0.314 e. The quantitative estimate of drug-likeness (QED) is 0.662. The maximum atomic E-state index is 12.6. The summed E-state index contributed by atoms with van der Waals surface area (Å²) in [6.45, 7) is 5.20. The van der Waals surface area contributed by atoms with Gasteiger partial charge in [-0.15, -0.1) is 12.4 Å². The Kier molecular flexibility index (Phi) is 5.68. The van der Waals surface area contributed by atoms with Crippen LogP contribution in [0.2, 0.25) is 0 Å². The number of sulfonamides is 1. The minimum atomic E-state index is -3.68. The molecular formula is C12H18ClN3O4S. The number of aryl methyl sites for hydroxylation is 2. The second-order valence-corrected chi connectivity index (χ2v) is 6.72. The van der Waals surface area contributed by atoms with Crippen LogP contribution in [-0.4, -0.2) is 43.8 Å². The number of nitro groups is 1. The van der Waals surface area contributed by atoms with E-state index in [1.54, 1.807) is 19.9 Å². The number of hydrogen-bond acceptors (Lipinski definition) is 5. The molecule has 0 saturated carbocycles. The molecule has 0 spiro atoms. The van der Waals surface area contributed by atoms with Gasteiger partial charge >= 0.3 is 0 Å². The molecule has 21 heavy (non-hydrogen) atoms. The van der Waals surface area contributed by atoms with Crippen LogP contribution in [0, 0.1) is 24.0 Å². The summed E-state index contributed by atoms with van der Waals surface area (Å²) in [4.78, 5) is 10.5. The highest BCUT2D eigenvalue weighted by atomic mass is 35.5. The van der Waals surface area contributed by atoms with Crippen molar-refractivity contribution in [2.75, 3.05) is 26.2 Å². The Morgan fingerprint density at radius 3 is 2.29 bits per heavy atom. The molecule has 0 radical (unpaired) electrons. The zero-order chi connectivity index (χ0) is 14.9. The van der Waals surface area contributed by atoms with Gasteiger partial charge in [-0.25, -0.2) is 8.42 Å². The predicted octanol–water partition coefficient (Wildman–Crippen LogP) is 1.23. The number of piperazine rings is 1. The topological polar surface area (TPSA) is 92.6 Å². The van der Waals surface area contributed by atoms with Gasteiger partial charge in [0.25, 0.3) is 5.69 Å². The van der Waals surface area contributed by atoms with Crippen LogP contribution in [0.3, 0.4) is 0 Å². The van der Waals surface area contributed by atoms with Crippen molar-refractivity contribution in [2.24, 2.45) is 0 Å². The van der Waals surface area contributed by atoms with Crippen LogP contribution in [0.15, 0.2) is 17.0 Å². The Balaban J connectivity index is 0.00000220. The van der Waals surface area contributed by atoms with Crippen LogP contribution in [-0.2, 0) is 10.0 Å². The number of nitrogens with one attached hydrogen (secondary N) is 1. The van der Waals surface area contributed by atoms with Gasteiger partial charge in [0.2, 0.25) is 10.0 Å². The molecule has 7 nitrogen and oxygen atoms in total. The van der Waals surface area contributed by atoms with Crippen molar-refractivity contribution in [3.8, 4) is 0 Å². The molecule has 0 atom stereocenters. The average Bonchev–Trinajstić information content (AvgIpc) is 2.39. The summed E-state index contributed by atoms with van der Waals surface area (Å²) in [7, 11) is -3.68. The lowest BCUT2D eigenvalue weighted by molar-refractivity contribution is -0.385. The van der Waals surface area contributed by atoms with Gasteiger partial charge in [0.1, 0.15) is 0 Å². The van der Waals surface area contributed by atoms with Gasteiger partial charge in [0.05, 0.1) is 9.82 Å². The van der Waals surface area contributed by atoms with E-state index in [4.69, 9.17) is 0 Å². The van der Waals surface area contributed by atoms with Gasteiger partial charge < -0.3 is 5.32 Å². The summed E-state index contributed by atoms with van der Waals surface area (Å²) in [6, 6.07) is 2.72. The van der Waals surface area contributed by atoms with Crippen LogP contribution in [0.5, 0.6) is 0 Å². The van der Waals surface area contributed by atoms with Gasteiger partial charge in [0.15, 0.2) is 0 Å². The third kappa shape index (κ3) is 3.52. The predicted molar refractivity (Wildman–Crippen MR) is 81.4 cm³/mol. The van der Waals surface area contributed by atoms with E-state index in [-0.39, 0.29) is 23.0 Å². The molecule has 0 unspecified atom stereocenters. The zero-order valence-corrected chi connectivity index (χ0v) is 13.5. The summed E-state index contributed by atoms with van der Waals surface area (Å²) in [5.41, 5.74) is 0.836. The summed E-state index contributed by atoms with van der Waals surface area (Å²) >= 11 is 0. The van der Waals surface area contributed by atoms with Crippen LogP contribution in [0.1, 0.15) is 11.1 Å². The molecule has 1 aromatic carbocycles. The molecular weight excluding hydrogens is 318 g/mol. The molecule has 1 heterocycles. The zero-order valence-electron chi connectivity index (χ0n) is 11.8. The Morgan fingerprint density at radius 2 is 1.76 bits per heavy atom. The van der Waals surface area contributed by atoms with E-state index in [0.717, 1.165) is 0 Å². The Labute approximate surface area is 129 Å². The van der Waals surface area contributed by atoms with E-state index in [1.807, 2.05) is 0 Å². The molecule has 0 aliphatic carbocycles. The molecule has 1 N–H and O–H groups in total. The molecule has 1 fully saturated rings. The van der Waals surface area contributed by atoms with Crippen molar-refractivity contribution in [3.63, 3.8) is 0 Å². The van der Waals surface area contributed by atoms with Crippen LogP contribution < -0.4 is 5.32 Å². The lowest BCUT2D eigenvalue weighted by Gasteiger charge is -2.27. The number of nitrogens with zero attached hydrogens (tertiary/aromatic N) is 2. The van der Waals surface area contributed by atoms with Crippen LogP contribution in [0.25, 0.3) is 0 Å². The average molecular weight is 336 g/mol. The fourth-order valence-corrected chi connectivity index (χ4v) is 3.99. The van der Waals surface area contributed by atoms with Crippen molar-refractivity contribution in [1.29, 1.82) is 0 Å². The van der Waals surface area contributed by atoms with Crippen molar-refractivity contribution >= 4 is 28.1 Å². The standard InChI is InChI=1S/C12H17N3O4S.ClH/c1-9-7-10(2)12(8-11(9)15(16)17)20(18,19)14-5-3-13-4-6-14;/h7-8,13H,3-6H2,1-2H3;1H. The molecule has 2 rings (SSSR count). The molecule has 1 saturated heterocycles. The molecule has 9 heteroatoms. The van der Waals surface area contributed by atoms with E-state index < -0.39 is 14.9 Å². The van der Waals surface area contributed by atoms with Crippen molar-refractivity contribution < 1.29 is 13.3 Å². The molecule has 118 valence electrons. The molecule has 0 aromatic heterocycles. The molecule has 1 aromatic rings. The van der Waals surface area contributed by atoms with Crippen LogP contribution in [0.4, 0.5) is 5.69 Å². The molecule has 0 bridgehead atoms. The fraction of sp³-hybridized carbons (Fsp3) is 0.500. The summed E-state index contributed by atoms with van der Waals surface area (Å²) < 4.78 is 26.5. The maximum Gasteiger partial charge on any atom is 0.273 e. The van der Waals surface area contributed by atoms with Crippen molar-refractivity contribution in [2.45, 2.75) is 18.7 Å². The smallest absolute Gasteiger partial charge is 0.273 e. The highest BCUT2D eigenvalue weighted by Gasteiger charge is 2.29. The first-order chi connectivity index (χ1) is 9.34. The maximum absolute atomic E-state index is 12.6. The SMILES string of the molecule is Cc1cc(C)c(S(=O)(=O)N2CCNCC2)cc1[N+](=O)[O-].Cl. The minimum Gasteiger partial charge on any atom is -0.314 e. The Bertz CT molecular complexity index is 642. The fourth-order valence-electron chi connectivity index (χ4n) is 2.32. The first-order valence-electron chi connectivity index (χ1n) is 6.30. The van der Waals surface area contributed by atoms with E-state index in [2.05, 4.69) is 5.32 Å². The third-order valence-corrected chi connectivity index (χ3v) is 5.42. The highest BCUT2D eigenvalue weighted by Crippen LogP contribution is 2.28. The molecule has 1 aliphatic heterocycles. The van der Waals surface area contributed by atoms with Gasteiger partial charge in [-0.05, 0) is 25.5 Å². The summed E-state index contributed by atoms with van der Waals surface area (Å²) in [5.74, 6) is 0. The first kappa shape index (κ1) is 17.8. The monoisotopic (exact) mass is 335 g/mol. The highest BCUT2D eigenvalue weighted by molar-refractivity contribution is 7.89. The van der Waals surface area contributed by atoms with Crippen molar-refractivity contribution in [3.05, 3.63) is 33.4 Å². The second kappa shape index (κ2) is 6.69. The summed E-state index contributed by atoms with van der Waals surface area (Å²) in [5, 5.41) is 14.1. The van der Waals surface area contributed by atoms with E-state index in [9.17, 15) is 18.5 Å². The molecule has 1 aliphatic rings. The second-order valence-electron chi connectivity index (χ2n) is 4.82. The van der Waals surface area contributed by atoms with Gasteiger partial charge in [-0.1, -0.05) is 0 Å². The minimum absolute atomic E-state index is 0. The van der Waals surface area contributed by atoms with E-state index in [0.29, 0.717) is 37.3 Å². The normalized spacial score (nSPS) is 16.3. The van der Waals surface area contributed by atoms with E-state index in [1.165, 1.54) is 10.4 Å². The Hall–Kier alpha value is -1.22. The van der Waals surface area contributed by atoms with Gasteiger partial charge in [-0.2, -0.15) is 4.31 Å². The van der Waals surface area contributed by atoms with Crippen LogP contribution >= 0.6 is 12.4 Å².